The highest BCUT2D eigenvalue weighted by Gasteiger charge is 2.28. The van der Waals surface area contributed by atoms with Crippen molar-refractivity contribution in [2.75, 3.05) is 13.1 Å². The van der Waals surface area contributed by atoms with Gasteiger partial charge in [-0.15, -0.1) is 0 Å². The van der Waals surface area contributed by atoms with Crippen molar-refractivity contribution in [1.82, 2.24) is 4.90 Å². The normalized spacial score (nSPS) is 22.7. The Morgan fingerprint density at radius 3 is 2.71 bits per heavy atom. The first-order valence-corrected chi connectivity index (χ1v) is 7.07. The van der Waals surface area contributed by atoms with E-state index in [1.807, 2.05) is 0 Å². The maximum Gasteiger partial charge on any atom is 0.269 e. The van der Waals surface area contributed by atoms with Gasteiger partial charge in [-0.2, -0.15) is 0 Å². The Hall–Kier alpha value is -1.95. The number of non-ortho nitro benzene ring substituents is 1. The van der Waals surface area contributed by atoms with E-state index in [4.69, 9.17) is 0 Å². The van der Waals surface area contributed by atoms with Gasteiger partial charge in [0, 0.05) is 30.8 Å². The number of likely N-dealkylation sites (tertiary alicyclic amines) is 1. The summed E-state index contributed by atoms with van der Waals surface area (Å²) in [5.74, 6) is -0.125. The Balaban J connectivity index is 2.18. The highest BCUT2D eigenvalue weighted by atomic mass is 16.6. The molecule has 6 heteroatoms. The zero-order valence-corrected chi connectivity index (χ0v) is 12.3. The molecule has 1 aromatic rings. The van der Waals surface area contributed by atoms with Crippen LogP contribution in [0.1, 0.15) is 42.1 Å². The first-order chi connectivity index (χ1) is 9.80. The number of aryl methyl sites for hydroxylation is 1. The van der Waals surface area contributed by atoms with Gasteiger partial charge in [-0.05, 0) is 44.7 Å². The van der Waals surface area contributed by atoms with Gasteiger partial charge >= 0.3 is 0 Å². The summed E-state index contributed by atoms with van der Waals surface area (Å²) < 4.78 is 0. The summed E-state index contributed by atoms with van der Waals surface area (Å²) >= 11 is 0. The molecule has 0 spiro atoms. The molecular weight excluding hydrogens is 272 g/mol. The standard InChI is InChI=1S/C15H20N2O4/c1-11-10-12(17(20)21)4-5-13(11)14(18)16-8-3-6-15(2,19)7-9-16/h4-5,10,19H,3,6-9H2,1-2H3. The fourth-order valence-electron chi connectivity index (χ4n) is 2.64. The molecule has 0 aromatic heterocycles. The number of hydrogen-bond acceptors (Lipinski definition) is 4. The Labute approximate surface area is 123 Å². The van der Waals surface area contributed by atoms with E-state index in [0.29, 0.717) is 37.1 Å². The number of nitro benzene ring substituents is 1. The first-order valence-electron chi connectivity index (χ1n) is 7.07. The van der Waals surface area contributed by atoms with Crippen LogP contribution in [0, 0.1) is 17.0 Å². The second-order valence-electron chi connectivity index (χ2n) is 5.90. The number of aliphatic hydroxyl groups is 1. The molecule has 1 aromatic carbocycles. The van der Waals surface area contributed by atoms with E-state index in [1.54, 1.807) is 18.7 Å². The third-order valence-corrected chi connectivity index (χ3v) is 4.00. The summed E-state index contributed by atoms with van der Waals surface area (Å²) in [5.41, 5.74) is 0.356. The fraction of sp³-hybridized carbons (Fsp3) is 0.533. The minimum Gasteiger partial charge on any atom is -0.390 e. The Morgan fingerprint density at radius 1 is 1.38 bits per heavy atom. The molecular formula is C15H20N2O4. The van der Waals surface area contributed by atoms with Crippen LogP contribution in [0.2, 0.25) is 0 Å². The van der Waals surface area contributed by atoms with Crippen molar-refractivity contribution in [2.24, 2.45) is 0 Å². The number of rotatable bonds is 2. The number of hydrogen-bond donors (Lipinski definition) is 1. The molecule has 1 heterocycles. The third kappa shape index (κ3) is 3.58. The zero-order valence-electron chi connectivity index (χ0n) is 12.3. The van der Waals surface area contributed by atoms with Crippen molar-refractivity contribution in [3.63, 3.8) is 0 Å². The molecule has 0 radical (unpaired) electrons. The van der Waals surface area contributed by atoms with Gasteiger partial charge < -0.3 is 10.0 Å². The van der Waals surface area contributed by atoms with Crippen molar-refractivity contribution in [3.05, 3.63) is 39.4 Å². The SMILES string of the molecule is Cc1cc([N+](=O)[O-])ccc1C(=O)N1CCCC(C)(O)CC1. The number of benzene rings is 1. The van der Waals surface area contributed by atoms with Gasteiger partial charge in [-0.1, -0.05) is 0 Å². The van der Waals surface area contributed by atoms with Crippen LogP contribution in [-0.4, -0.2) is 39.5 Å². The highest BCUT2D eigenvalue weighted by Crippen LogP contribution is 2.24. The second kappa shape index (κ2) is 5.81. The van der Waals surface area contributed by atoms with Gasteiger partial charge in [0.2, 0.25) is 0 Å². The number of amides is 1. The summed E-state index contributed by atoms with van der Waals surface area (Å²) in [5, 5.41) is 20.8. The molecule has 0 saturated carbocycles. The highest BCUT2D eigenvalue weighted by molar-refractivity contribution is 5.96. The fourth-order valence-corrected chi connectivity index (χ4v) is 2.64. The summed E-state index contributed by atoms with van der Waals surface area (Å²) in [6.07, 6.45) is 1.98. The minimum atomic E-state index is -0.723. The molecule has 1 saturated heterocycles. The molecule has 1 aliphatic rings. The van der Waals surface area contributed by atoms with Crippen LogP contribution in [0.3, 0.4) is 0 Å². The maximum atomic E-state index is 12.5. The second-order valence-corrected chi connectivity index (χ2v) is 5.90. The zero-order chi connectivity index (χ0) is 15.6. The van der Waals surface area contributed by atoms with Crippen LogP contribution in [-0.2, 0) is 0 Å². The average molecular weight is 292 g/mol. The molecule has 2 rings (SSSR count). The molecule has 1 fully saturated rings. The topological polar surface area (TPSA) is 83.7 Å². The van der Waals surface area contributed by atoms with Gasteiger partial charge in [-0.3, -0.25) is 14.9 Å². The Bertz CT molecular complexity index is 569. The molecule has 0 bridgehead atoms. The van der Waals surface area contributed by atoms with Gasteiger partial charge in [0.25, 0.3) is 11.6 Å². The van der Waals surface area contributed by atoms with E-state index in [2.05, 4.69) is 0 Å². The number of carbonyl (C=O) groups excluding carboxylic acids is 1. The lowest BCUT2D eigenvalue weighted by molar-refractivity contribution is -0.384. The predicted octanol–water partition coefficient (Wildman–Crippen LogP) is 2.28. The number of carbonyl (C=O) groups is 1. The Kier molecular flexibility index (Phi) is 4.27. The van der Waals surface area contributed by atoms with Gasteiger partial charge in [-0.25, -0.2) is 0 Å². The summed E-state index contributed by atoms with van der Waals surface area (Å²) in [6, 6.07) is 4.29. The monoisotopic (exact) mass is 292 g/mol. The molecule has 21 heavy (non-hydrogen) atoms. The van der Waals surface area contributed by atoms with E-state index >= 15 is 0 Å². The maximum absolute atomic E-state index is 12.5. The van der Waals surface area contributed by atoms with Crippen molar-refractivity contribution in [2.45, 2.75) is 38.7 Å². The predicted molar refractivity (Wildman–Crippen MR) is 78.2 cm³/mol. The average Bonchev–Trinajstić information content (AvgIpc) is 2.58. The third-order valence-electron chi connectivity index (χ3n) is 4.00. The van der Waals surface area contributed by atoms with E-state index in [0.717, 1.165) is 6.42 Å². The smallest absolute Gasteiger partial charge is 0.269 e. The number of nitrogens with zero attached hydrogens (tertiary/aromatic N) is 2. The molecule has 1 aliphatic heterocycles. The van der Waals surface area contributed by atoms with Crippen LogP contribution in [0.5, 0.6) is 0 Å². The van der Waals surface area contributed by atoms with E-state index in [1.165, 1.54) is 18.2 Å². The molecule has 114 valence electrons. The van der Waals surface area contributed by atoms with Gasteiger partial charge in [0.15, 0.2) is 0 Å². The van der Waals surface area contributed by atoms with Gasteiger partial charge in [0.1, 0.15) is 0 Å². The molecule has 1 atom stereocenters. The van der Waals surface area contributed by atoms with Crippen molar-refractivity contribution in [1.29, 1.82) is 0 Å². The van der Waals surface area contributed by atoms with Crippen LogP contribution >= 0.6 is 0 Å². The number of nitro groups is 1. The lowest BCUT2D eigenvalue weighted by Gasteiger charge is -2.23. The van der Waals surface area contributed by atoms with Crippen molar-refractivity contribution < 1.29 is 14.8 Å². The van der Waals surface area contributed by atoms with E-state index < -0.39 is 10.5 Å². The molecule has 1 N–H and O–H groups in total. The minimum absolute atomic E-state index is 0.0113. The lowest BCUT2D eigenvalue weighted by Crippen LogP contribution is -2.33. The summed E-state index contributed by atoms with van der Waals surface area (Å²) in [6.45, 7) is 4.60. The van der Waals surface area contributed by atoms with E-state index in [-0.39, 0.29) is 11.6 Å². The summed E-state index contributed by atoms with van der Waals surface area (Å²) in [4.78, 5) is 24.5. The Morgan fingerprint density at radius 2 is 2.10 bits per heavy atom. The van der Waals surface area contributed by atoms with Crippen LogP contribution < -0.4 is 0 Å². The summed E-state index contributed by atoms with van der Waals surface area (Å²) in [7, 11) is 0. The van der Waals surface area contributed by atoms with Crippen LogP contribution in [0.25, 0.3) is 0 Å². The molecule has 1 unspecified atom stereocenters. The van der Waals surface area contributed by atoms with Crippen LogP contribution in [0.15, 0.2) is 18.2 Å². The quantitative estimate of drug-likeness (QED) is 0.669. The largest absolute Gasteiger partial charge is 0.390 e. The van der Waals surface area contributed by atoms with Crippen molar-refractivity contribution >= 4 is 11.6 Å². The molecule has 0 aliphatic carbocycles. The van der Waals surface area contributed by atoms with E-state index in [9.17, 15) is 20.0 Å². The van der Waals surface area contributed by atoms with Crippen LogP contribution in [0.4, 0.5) is 5.69 Å². The first kappa shape index (κ1) is 15.4. The van der Waals surface area contributed by atoms with Gasteiger partial charge in [0.05, 0.1) is 10.5 Å². The lowest BCUT2D eigenvalue weighted by atomic mass is 9.98. The molecule has 6 nitrogen and oxygen atoms in total. The molecule has 1 amide bonds. The van der Waals surface area contributed by atoms with Crippen molar-refractivity contribution in [3.8, 4) is 0 Å².